The highest BCUT2D eigenvalue weighted by Crippen LogP contribution is 2.21. The maximum Gasteiger partial charge on any atom is 0.300 e. The monoisotopic (exact) mass is 293 g/mol. The molecule has 8 nitrogen and oxygen atoms in total. The highest BCUT2D eigenvalue weighted by molar-refractivity contribution is 5.98. The predicted octanol–water partition coefficient (Wildman–Crippen LogP) is 0.740. The number of pyridine rings is 1. The van der Waals surface area contributed by atoms with Crippen LogP contribution in [0.15, 0.2) is 12.3 Å². The lowest BCUT2D eigenvalue weighted by atomic mass is 10.1. The summed E-state index contributed by atoms with van der Waals surface area (Å²) >= 11 is 0. The van der Waals surface area contributed by atoms with Crippen LogP contribution in [-0.2, 0) is 0 Å². The van der Waals surface area contributed by atoms with Crippen molar-refractivity contribution in [3.63, 3.8) is 0 Å². The molecule has 0 aromatic carbocycles. The number of amides is 1. The van der Waals surface area contributed by atoms with Crippen LogP contribution in [0.5, 0.6) is 0 Å². The van der Waals surface area contributed by atoms with Crippen molar-refractivity contribution in [1.82, 2.24) is 14.8 Å². The SMILES string of the molecule is CCCN1CCN(C(=O)c2cc(N)ncc2[N+](=O)[O-])CC1. The minimum absolute atomic E-state index is 0.0106. The Morgan fingerprint density at radius 2 is 2.10 bits per heavy atom. The second-order valence-corrected chi connectivity index (χ2v) is 5.02. The van der Waals surface area contributed by atoms with Crippen molar-refractivity contribution >= 4 is 17.4 Å². The third-order valence-corrected chi connectivity index (χ3v) is 3.53. The Hall–Kier alpha value is -2.22. The number of aromatic nitrogens is 1. The molecule has 1 saturated heterocycles. The number of anilines is 1. The van der Waals surface area contributed by atoms with E-state index in [1.807, 2.05) is 0 Å². The molecule has 0 bridgehead atoms. The summed E-state index contributed by atoms with van der Waals surface area (Å²) in [6, 6.07) is 1.28. The number of carbonyl (C=O) groups excluding carboxylic acids is 1. The Balaban J connectivity index is 2.14. The Bertz CT molecular complexity index is 541. The number of rotatable bonds is 4. The van der Waals surface area contributed by atoms with Crippen LogP contribution in [0, 0.1) is 10.1 Å². The van der Waals surface area contributed by atoms with Crippen LogP contribution < -0.4 is 5.73 Å². The van der Waals surface area contributed by atoms with E-state index >= 15 is 0 Å². The zero-order valence-corrected chi connectivity index (χ0v) is 12.0. The van der Waals surface area contributed by atoms with Crippen LogP contribution in [0.2, 0.25) is 0 Å². The van der Waals surface area contributed by atoms with Gasteiger partial charge in [-0.2, -0.15) is 0 Å². The normalized spacial score (nSPS) is 16.0. The smallest absolute Gasteiger partial charge is 0.300 e. The molecule has 0 aliphatic carbocycles. The molecule has 0 spiro atoms. The molecule has 1 amide bonds. The first-order valence-corrected chi connectivity index (χ1v) is 6.94. The summed E-state index contributed by atoms with van der Waals surface area (Å²) in [5, 5.41) is 11.0. The number of nitrogen functional groups attached to an aromatic ring is 1. The topological polar surface area (TPSA) is 106 Å². The van der Waals surface area contributed by atoms with E-state index in [1.54, 1.807) is 4.90 Å². The van der Waals surface area contributed by atoms with Gasteiger partial charge in [0, 0.05) is 26.2 Å². The molecular weight excluding hydrogens is 274 g/mol. The first kappa shape index (κ1) is 15.2. The Labute approximate surface area is 122 Å². The van der Waals surface area contributed by atoms with Gasteiger partial charge in [-0.3, -0.25) is 19.8 Å². The van der Waals surface area contributed by atoms with Gasteiger partial charge in [0.15, 0.2) is 0 Å². The fourth-order valence-corrected chi connectivity index (χ4v) is 2.44. The summed E-state index contributed by atoms with van der Waals surface area (Å²) in [6.45, 7) is 5.82. The van der Waals surface area contributed by atoms with E-state index in [-0.39, 0.29) is 23.0 Å². The summed E-state index contributed by atoms with van der Waals surface area (Å²) in [6.07, 6.45) is 2.11. The molecular formula is C13H19N5O3. The van der Waals surface area contributed by atoms with Crippen LogP contribution in [0.4, 0.5) is 11.5 Å². The average molecular weight is 293 g/mol. The number of piperazine rings is 1. The second kappa shape index (κ2) is 6.49. The van der Waals surface area contributed by atoms with Crippen LogP contribution in [0.3, 0.4) is 0 Å². The quantitative estimate of drug-likeness (QED) is 0.648. The van der Waals surface area contributed by atoms with E-state index in [2.05, 4.69) is 16.8 Å². The predicted molar refractivity (Wildman–Crippen MR) is 77.9 cm³/mol. The fourth-order valence-electron chi connectivity index (χ4n) is 2.44. The van der Waals surface area contributed by atoms with Gasteiger partial charge >= 0.3 is 0 Å². The molecule has 21 heavy (non-hydrogen) atoms. The van der Waals surface area contributed by atoms with Crippen molar-refractivity contribution in [2.75, 3.05) is 38.5 Å². The van der Waals surface area contributed by atoms with Crippen LogP contribution in [-0.4, -0.2) is 58.3 Å². The third kappa shape index (κ3) is 3.46. The summed E-state index contributed by atoms with van der Waals surface area (Å²) < 4.78 is 0. The van der Waals surface area contributed by atoms with Gasteiger partial charge < -0.3 is 10.6 Å². The lowest BCUT2D eigenvalue weighted by Crippen LogP contribution is -2.48. The van der Waals surface area contributed by atoms with E-state index < -0.39 is 4.92 Å². The molecule has 8 heteroatoms. The minimum atomic E-state index is -0.604. The molecule has 1 aromatic heterocycles. The molecule has 1 aliphatic rings. The van der Waals surface area contributed by atoms with Gasteiger partial charge in [0.05, 0.1) is 4.92 Å². The lowest BCUT2D eigenvalue weighted by Gasteiger charge is -2.34. The first-order chi connectivity index (χ1) is 10.0. The van der Waals surface area contributed by atoms with E-state index in [9.17, 15) is 14.9 Å². The number of nitro groups is 1. The number of nitrogens with two attached hydrogens (primary N) is 1. The molecule has 114 valence electrons. The second-order valence-electron chi connectivity index (χ2n) is 5.02. The van der Waals surface area contributed by atoms with E-state index in [0.717, 1.165) is 32.3 Å². The van der Waals surface area contributed by atoms with Crippen LogP contribution in [0.25, 0.3) is 0 Å². The molecule has 1 fully saturated rings. The lowest BCUT2D eigenvalue weighted by molar-refractivity contribution is -0.385. The van der Waals surface area contributed by atoms with Gasteiger partial charge in [0.25, 0.3) is 11.6 Å². The standard InChI is InChI=1S/C13H19N5O3/c1-2-3-16-4-6-17(7-5-16)13(19)10-8-12(14)15-9-11(10)18(20)21/h8-9H,2-7H2,1H3,(H2,14,15). The Morgan fingerprint density at radius 3 is 2.67 bits per heavy atom. The highest BCUT2D eigenvalue weighted by atomic mass is 16.6. The Kier molecular flexibility index (Phi) is 4.69. The van der Waals surface area contributed by atoms with Crippen molar-refractivity contribution in [1.29, 1.82) is 0 Å². The van der Waals surface area contributed by atoms with Crippen molar-refractivity contribution < 1.29 is 9.72 Å². The number of hydrogen-bond donors (Lipinski definition) is 1. The van der Waals surface area contributed by atoms with Gasteiger partial charge in [-0.05, 0) is 19.0 Å². The first-order valence-electron chi connectivity index (χ1n) is 6.94. The van der Waals surface area contributed by atoms with Gasteiger partial charge in [-0.1, -0.05) is 6.92 Å². The molecule has 0 unspecified atom stereocenters. The zero-order valence-electron chi connectivity index (χ0n) is 12.0. The Morgan fingerprint density at radius 1 is 1.43 bits per heavy atom. The van der Waals surface area contributed by atoms with E-state index in [4.69, 9.17) is 5.73 Å². The number of carbonyl (C=O) groups is 1. The highest BCUT2D eigenvalue weighted by Gasteiger charge is 2.27. The van der Waals surface area contributed by atoms with E-state index in [0.29, 0.717) is 13.1 Å². The molecule has 2 rings (SSSR count). The van der Waals surface area contributed by atoms with Gasteiger partial charge in [-0.15, -0.1) is 0 Å². The van der Waals surface area contributed by atoms with Crippen LogP contribution >= 0.6 is 0 Å². The van der Waals surface area contributed by atoms with Gasteiger partial charge in [-0.25, -0.2) is 4.98 Å². The van der Waals surface area contributed by atoms with Crippen molar-refractivity contribution in [2.24, 2.45) is 0 Å². The maximum atomic E-state index is 12.5. The third-order valence-electron chi connectivity index (χ3n) is 3.53. The summed E-state index contributed by atoms with van der Waals surface area (Å²) in [5.74, 6) is -0.250. The van der Waals surface area contributed by atoms with E-state index in [1.165, 1.54) is 6.07 Å². The zero-order chi connectivity index (χ0) is 15.4. The molecule has 1 aliphatic heterocycles. The van der Waals surface area contributed by atoms with Gasteiger partial charge in [0.1, 0.15) is 17.6 Å². The molecule has 2 N–H and O–H groups in total. The summed E-state index contributed by atoms with van der Waals surface area (Å²) in [4.78, 5) is 30.5. The minimum Gasteiger partial charge on any atom is -0.384 e. The molecule has 1 aromatic rings. The average Bonchev–Trinajstić information content (AvgIpc) is 2.47. The van der Waals surface area contributed by atoms with Crippen molar-refractivity contribution in [3.05, 3.63) is 27.9 Å². The van der Waals surface area contributed by atoms with Crippen LogP contribution in [0.1, 0.15) is 23.7 Å². The number of nitrogens with zero attached hydrogens (tertiary/aromatic N) is 4. The summed E-state index contributed by atoms with van der Waals surface area (Å²) in [5.41, 5.74) is 5.25. The fraction of sp³-hybridized carbons (Fsp3) is 0.538. The maximum absolute atomic E-state index is 12.5. The molecule has 0 radical (unpaired) electrons. The van der Waals surface area contributed by atoms with Crippen molar-refractivity contribution in [2.45, 2.75) is 13.3 Å². The van der Waals surface area contributed by atoms with Gasteiger partial charge in [0.2, 0.25) is 0 Å². The molecule has 2 heterocycles. The summed E-state index contributed by atoms with van der Waals surface area (Å²) in [7, 11) is 0. The molecule has 0 saturated carbocycles. The largest absolute Gasteiger partial charge is 0.384 e. The number of hydrogen-bond acceptors (Lipinski definition) is 6. The molecule has 0 atom stereocenters. The van der Waals surface area contributed by atoms with Crippen molar-refractivity contribution in [3.8, 4) is 0 Å².